The predicted octanol–water partition coefficient (Wildman–Crippen LogP) is 0.311. The second-order valence-corrected chi connectivity index (χ2v) is 1.44. The average molecular weight is 319 g/mol. The van der Waals surface area contributed by atoms with E-state index in [1.165, 1.54) is 0 Å². The zero-order valence-corrected chi connectivity index (χ0v) is 10.9. The van der Waals surface area contributed by atoms with Gasteiger partial charge in [0.25, 0.3) is 0 Å². The Hall–Kier alpha value is -0.0969. The van der Waals surface area contributed by atoms with E-state index in [0.717, 1.165) is 5.75 Å². The van der Waals surface area contributed by atoms with Gasteiger partial charge in [-0.1, -0.05) is 12.1 Å². The first kappa shape index (κ1) is 8.90. The molecule has 2 heteroatoms. The number of rotatable bonds is 1. The van der Waals surface area contributed by atoms with Crippen LogP contribution in [0.15, 0.2) is 24.3 Å². The van der Waals surface area contributed by atoms with Crippen LogP contribution in [0, 0.1) is 6.07 Å². The molecule has 0 spiro atoms. The summed E-state index contributed by atoms with van der Waals surface area (Å²) in [6.07, 6.45) is 0. The number of hydrogen-bond acceptors (Lipinski definition) is 1. The normalized spacial score (nSPS) is 7.67. The Morgan fingerprint density at radius 2 is 2.33 bits per heavy atom. The van der Waals surface area contributed by atoms with Gasteiger partial charge in [0, 0.05) is 0 Å². The molecule has 0 aromatic heterocycles. The van der Waals surface area contributed by atoms with Crippen LogP contribution in [0.5, 0.6) is 5.75 Å². The van der Waals surface area contributed by atoms with Crippen molar-refractivity contribution in [3.8, 4) is 5.75 Å². The molecule has 0 aliphatic rings. The fourth-order valence-corrected chi connectivity index (χ4v) is 0.504. The zero-order valence-electron chi connectivity index (χ0n) is 5.42. The van der Waals surface area contributed by atoms with Gasteiger partial charge in [0.15, 0.2) is 0 Å². The number of methoxy groups -OCH3 is 1. The molecular formula is C7H10BiO. The van der Waals surface area contributed by atoms with Crippen LogP contribution < -0.4 is 4.74 Å². The van der Waals surface area contributed by atoms with Crippen LogP contribution in [0.25, 0.3) is 0 Å². The molecule has 0 saturated heterocycles. The SMILES string of the molecule is COc1c[c]ccc1.[BiH3]. The van der Waals surface area contributed by atoms with E-state index >= 15 is 0 Å². The zero-order chi connectivity index (χ0) is 5.82. The molecule has 0 N–H and O–H groups in total. The van der Waals surface area contributed by atoms with E-state index < -0.39 is 0 Å². The molecule has 0 bridgehead atoms. The first-order valence-corrected chi connectivity index (χ1v) is 2.43. The molecule has 0 saturated carbocycles. The summed E-state index contributed by atoms with van der Waals surface area (Å²) in [4.78, 5) is 0. The average Bonchev–Trinajstić information content (AvgIpc) is 1.90. The predicted molar refractivity (Wildman–Crippen MR) is 41.8 cm³/mol. The summed E-state index contributed by atoms with van der Waals surface area (Å²) in [7, 11) is 1.64. The van der Waals surface area contributed by atoms with E-state index in [1.807, 2.05) is 18.2 Å². The van der Waals surface area contributed by atoms with E-state index in [0.29, 0.717) is 0 Å². The Labute approximate surface area is 74.2 Å². The number of benzene rings is 1. The van der Waals surface area contributed by atoms with Gasteiger partial charge in [-0.25, -0.2) is 0 Å². The summed E-state index contributed by atoms with van der Waals surface area (Å²) in [5.41, 5.74) is 0. The number of hydrogen-bond donors (Lipinski definition) is 0. The van der Waals surface area contributed by atoms with Gasteiger partial charge in [0.1, 0.15) is 5.75 Å². The van der Waals surface area contributed by atoms with Crippen LogP contribution in [-0.4, -0.2) is 33.3 Å². The van der Waals surface area contributed by atoms with Gasteiger partial charge in [-0.3, -0.25) is 0 Å². The van der Waals surface area contributed by atoms with Crippen molar-refractivity contribution in [2.75, 3.05) is 7.11 Å². The maximum absolute atomic E-state index is 4.88. The molecular weight excluding hydrogens is 309 g/mol. The van der Waals surface area contributed by atoms with Crippen molar-refractivity contribution in [2.45, 2.75) is 0 Å². The van der Waals surface area contributed by atoms with E-state index in [9.17, 15) is 0 Å². The summed E-state index contributed by atoms with van der Waals surface area (Å²) in [6, 6.07) is 10.3. The van der Waals surface area contributed by atoms with Gasteiger partial charge in [-0.15, -0.1) is 0 Å². The molecule has 1 rings (SSSR count). The van der Waals surface area contributed by atoms with Gasteiger partial charge in [-0.2, -0.15) is 0 Å². The van der Waals surface area contributed by atoms with Crippen molar-refractivity contribution in [1.29, 1.82) is 0 Å². The molecule has 0 aliphatic heterocycles. The quantitative estimate of drug-likeness (QED) is 0.677. The number of ether oxygens (including phenoxy) is 1. The summed E-state index contributed by atoms with van der Waals surface area (Å²) >= 11 is 0. The molecule has 1 aromatic rings. The first-order chi connectivity index (χ1) is 3.93. The Bertz CT molecular complexity index is 150. The molecule has 9 heavy (non-hydrogen) atoms. The Balaban J connectivity index is 0.000000640. The summed E-state index contributed by atoms with van der Waals surface area (Å²) in [5.74, 6) is 0.854. The van der Waals surface area contributed by atoms with E-state index in [1.54, 1.807) is 13.2 Å². The van der Waals surface area contributed by atoms with Crippen molar-refractivity contribution in [3.63, 3.8) is 0 Å². The van der Waals surface area contributed by atoms with Gasteiger partial charge in [0.2, 0.25) is 0 Å². The molecule has 0 heterocycles. The molecule has 0 unspecified atom stereocenters. The van der Waals surface area contributed by atoms with Gasteiger partial charge in [-0.05, 0) is 18.2 Å². The van der Waals surface area contributed by atoms with E-state index in [2.05, 4.69) is 6.07 Å². The standard InChI is InChI=1S/C7H7O.Bi.3H/c1-8-7-5-3-2-4-6-7;;;;/h2-3,5-6H,1H3;;;;. The third-order valence-corrected chi connectivity index (χ3v) is 0.914. The second-order valence-electron chi connectivity index (χ2n) is 1.44. The third-order valence-electron chi connectivity index (χ3n) is 0.914. The molecule has 0 aliphatic carbocycles. The molecule has 1 nitrogen and oxygen atoms in total. The molecule has 1 aromatic carbocycles. The minimum atomic E-state index is 0. The maximum atomic E-state index is 4.88. The summed E-state index contributed by atoms with van der Waals surface area (Å²) < 4.78 is 4.88. The Morgan fingerprint density at radius 3 is 2.67 bits per heavy atom. The molecule has 0 fully saturated rings. The van der Waals surface area contributed by atoms with Crippen LogP contribution in [0.3, 0.4) is 0 Å². The van der Waals surface area contributed by atoms with E-state index in [-0.39, 0.29) is 26.2 Å². The van der Waals surface area contributed by atoms with Crippen LogP contribution in [0.2, 0.25) is 0 Å². The van der Waals surface area contributed by atoms with Crippen molar-refractivity contribution in [2.24, 2.45) is 0 Å². The summed E-state index contributed by atoms with van der Waals surface area (Å²) in [6.45, 7) is 0. The van der Waals surface area contributed by atoms with Crippen molar-refractivity contribution >= 4 is 26.2 Å². The van der Waals surface area contributed by atoms with Crippen molar-refractivity contribution < 1.29 is 4.74 Å². The molecule has 1 radical (unpaired) electrons. The topological polar surface area (TPSA) is 9.23 Å². The Morgan fingerprint density at radius 1 is 1.56 bits per heavy atom. The third kappa shape index (κ3) is 2.81. The molecule has 0 atom stereocenters. The monoisotopic (exact) mass is 319 g/mol. The Kier molecular flexibility index (Phi) is 4.70. The fraction of sp³-hybridized carbons (Fsp3) is 0.143. The van der Waals surface area contributed by atoms with Gasteiger partial charge in [0.05, 0.1) is 7.11 Å². The van der Waals surface area contributed by atoms with Crippen LogP contribution >= 0.6 is 0 Å². The molecule has 49 valence electrons. The van der Waals surface area contributed by atoms with E-state index in [4.69, 9.17) is 4.74 Å². The fourth-order valence-electron chi connectivity index (χ4n) is 0.504. The van der Waals surface area contributed by atoms with Crippen molar-refractivity contribution in [3.05, 3.63) is 30.3 Å². The van der Waals surface area contributed by atoms with Crippen LogP contribution in [-0.2, 0) is 0 Å². The molecule has 0 amide bonds. The van der Waals surface area contributed by atoms with Crippen LogP contribution in [0.4, 0.5) is 0 Å². The minimum absolute atomic E-state index is 0. The second kappa shape index (κ2) is 4.75. The van der Waals surface area contributed by atoms with Crippen molar-refractivity contribution in [1.82, 2.24) is 0 Å². The van der Waals surface area contributed by atoms with Crippen LogP contribution in [0.1, 0.15) is 0 Å². The summed E-state index contributed by atoms with van der Waals surface area (Å²) in [5, 5.41) is 0. The van der Waals surface area contributed by atoms with Gasteiger partial charge < -0.3 is 4.74 Å². The van der Waals surface area contributed by atoms with Gasteiger partial charge >= 0.3 is 26.2 Å². The first-order valence-electron chi connectivity index (χ1n) is 2.43.